The van der Waals surface area contributed by atoms with Gasteiger partial charge in [0.2, 0.25) is 16.8 Å². The van der Waals surface area contributed by atoms with Crippen molar-refractivity contribution in [2.45, 2.75) is 36.5 Å². The number of hydrogen-bond donors (Lipinski definition) is 0. The Bertz CT molecular complexity index is 1540. The average Bonchev–Trinajstić information content (AvgIpc) is 3.68. The highest BCUT2D eigenvalue weighted by Gasteiger charge is 2.50. The zero-order valence-corrected chi connectivity index (χ0v) is 24.4. The van der Waals surface area contributed by atoms with E-state index in [2.05, 4.69) is 11.0 Å². The zero-order valence-electron chi connectivity index (χ0n) is 23.6. The first kappa shape index (κ1) is 27.9. The van der Waals surface area contributed by atoms with Crippen molar-refractivity contribution in [3.63, 3.8) is 0 Å². The van der Waals surface area contributed by atoms with Gasteiger partial charge in [-0.2, -0.15) is 4.31 Å². The van der Waals surface area contributed by atoms with Gasteiger partial charge in [0.05, 0.1) is 16.9 Å². The fourth-order valence-electron chi connectivity index (χ4n) is 5.86. The molecule has 3 aliphatic rings. The van der Waals surface area contributed by atoms with Crippen molar-refractivity contribution in [1.82, 2.24) is 9.21 Å². The van der Waals surface area contributed by atoms with Crippen molar-refractivity contribution in [1.29, 1.82) is 0 Å². The van der Waals surface area contributed by atoms with Crippen LogP contribution in [0.15, 0.2) is 65.6 Å². The lowest BCUT2D eigenvalue weighted by atomic mass is 9.87. The van der Waals surface area contributed by atoms with Crippen LogP contribution in [0.5, 0.6) is 11.5 Å². The molecule has 3 aromatic rings. The number of carbonyl (C=O) groups is 1. The molecule has 0 atom stereocenters. The summed E-state index contributed by atoms with van der Waals surface area (Å²) in [5.74, 6) is 1.63. The standard InChI is InChI=1S/C32H36N2O6S/c1-23-3-4-24(20-31(35)32(11-12-32)26-7-10-29-30(21-26)40-22-39-29)19-28(23)25-5-8-27(9-6-25)41(36,37)34-15-13-33(14-16-34)17-18-38-2/h3-10,19,21H,11-18,20,22H2,1-2H3. The van der Waals surface area contributed by atoms with Crippen LogP contribution in [-0.4, -0.2) is 76.6 Å². The quantitative estimate of drug-likeness (QED) is 0.358. The molecule has 1 saturated carbocycles. The molecule has 0 spiro atoms. The highest BCUT2D eigenvalue weighted by Crippen LogP contribution is 2.51. The van der Waals surface area contributed by atoms with E-state index in [1.807, 2.05) is 49.4 Å². The summed E-state index contributed by atoms with van der Waals surface area (Å²) < 4.78 is 44.3. The highest BCUT2D eigenvalue weighted by atomic mass is 32.2. The first-order chi connectivity index (χ1) is 19.8. The van der Waals surface area contributed by atoms with Crippen LogP contribution in [0.1, 0.15) is 29.5 Å². The van der Waals surface area contributed by atoms with E-state index in [0.29, 0.717) is 49.9 Å². The molecular weight excluding hydrogens is 540 g/mol. The summed E-state index contributed by atoms with van der Waals surface area (Å²) in [6.45, 7) is 6.02. The molecule has 0 amide bonds. The molecule has 0 aromatic heterocycles. The summed E-state index contributed by atoms with van der Waals surface area (Å²) in [4.78, 5) is 16.1. The number of carbonyl (C=O) groups excluding carboxylic acids is 1. The van der Waals surface area contributed by atoms with Gasteiger partial charge in [-0.05, 0) is 71.8 Å². The van der Waals surface area contributed by atoms with Gasteiger partial charge in [-0.3, -0.25) is 9.69 Å². The maximum absolute atomic E-state index is 13.6. The molecule has 0 bridgehead atoms. The monoisotopic (exact) mass is 576 g/mol. The molecule has 2 heterocycles. The molecular formula is C32H36N2O6S. The number of fused-ring (bicyclic) bond motifs is 1. The number of aryl methyl sites for hydroxylation is 1. The van der Waals surface area contributed by atoms with Crippen LogP contribution in [0.2, 0.25) is 0 Å². The van der Waals surface area contributed by atoms with Gasteiger partial charge in [0.15, 0.2) is 11.5 Å². The topological polar surface area (TPSA) is 85.4 Å². The van der Waals surface area contributed by atoms with Gasteiger partial charge in [0.1, 0.15) is 5.78 Å². The number of rotatable bonds is 10. The van der Waals surface area contributed by atoms with Crippen LogP contribution >= 0.6 is 0 Å². The molecule has 216 valence electrons. The molecule has 2 aliphatic heterocycles. The molecule has 9 heteroatoms. The predicted octanol–water partition coefficient (Wildman–Crippen LogP) is 4.19. The highest BCUT2D eigenvalue weighted by molar-refractivity contribution is 7.89. The van der Waals surface area contributed by atoms with Crippen molar-refractivity contribution in [2.24, 2.45) is 0 Å². The van der Waals surface area contributed by atoms with Gasteiger partial charge in [-0.15, -0.1) is 0 Å². The Morgan fingerprint density at radius 1 is 0.927 bits per heavy atom. The van der Waals surface area contributed by atoms with Gasteiger partial charge in [-0.25, -0.2) is 8.42 Å². The molecule has 3 aromatic carbocycles. The first-order valence-corrected chi connectivity index (χ1v) is 15.6. The van der Waals surface area contributed by atoms with Crippen LogP contribution in [0.4, 0.5) is 0 Å². The fraction of sp³-hybridized carbons (Fsp3) is 0.406. The molecule has 41 heavy (non-hydrogen) atoms. The Kier molecular flexibility index (Phi) is 7.63. The third kappa shape index (κ3) is 5.51. The number of sulfonamides is 1. The number of piperazine rings is 1. The van der Waals surface area contributed by atoms with Crippen molar-refractivity contribution in [3.05, 3.63) is 77.4 Å². The molecule has 8 nitrogen and oxygen atoms in total. The Hall–Kier alpha value is -3.24. The summed E-state index contributed by atoms with van der Waals surface area (Å²) in [6.07, 6.45) is 2.01. The maximum atomic E-state index is 13.6. The van der Waals surface area contributed by atoms with E-state index in [9.17, 15) is 13.2 Å². The molecule has 1 aliphatic carbocycles. The number of hydrogen-bond acceptors (Lipinski definition) is 7. The summed E-state index contributed by atoms with van der Waals surface area (Å²) >= 11 is 0. The van der Waals surface area contributed by atoms with Crippen LogP contribution in [0.25, 0.3) is 11.1 Å². The SMILES string of the molecule is COCCN1CCN(S(=O)(=O)c2ccc(-c3cc(CC(=O)C4(c5ccc6c(c5)OCO6)CC4)ccc3C)cc2)CC1. The van der Waals surface area contributed by atoms with Crippen molar-refractivity contribution in [2.75, 3.05) is 53.2 Å². The molecule has 0 radical (unpaired) electrons. The zero-order chi connectivity index (χ0) is 28.6. The third-order valence-electron chi connectivity index (χ3n) is 8.62. The summed E-state index contributed by atoms with van der Waals surface area (Å²) in [7, 11) is -1.89. The van der Waals surface area contributed by atoms with E-state index < -0.39 is 15.4 Å². The van der Waals surface area contributed by atoms with E-state index in [0.717, 1.165) is 53.0 Å². The molecule has 6 rings (SSSR count). The normalized spacial score (nSPS) is 18.4. The maximum Gasteiger partial charge on any atom is 0.243 e. The average molecular weight is 577 g/mol. The van der Waals surface area contributed by atoms with Crippen molar-refractivity contribution < 1.29 is 27.4 Å². The Balaban J connectivity index is 1.15. The number of benzene rings is 3. The molecule has 1 saturated heterocycles. The van der Waals surface area contributed by atoms with Gasteiger partial charge in [-0.1, -0.05) is 36.4 Å². The van der Waals surface area contributed by atoms with Crippen LogP contribution in [-0.2, 0) is 31.4 Å². The minimum Gasteiger partial charge on any atom is -0.454 e. The minimum absolute atomic E-state index is 0.204. The molecule has 2 fully saturated rings. The van der Waals surface area contributed by atoms with E-state index in [1.165, 1.54) is 0 Å². The van der Waals surface area contributed by atoms with E-state index in [4.69, 9.17) is 14.2 Å². The Morgan fingerprint density at radius 3 is 2.37 bits per heavy atom. The lowest BCUT2D eigenvalue weighted by Crippen LogP contribution is -2.49. The minimum atomic E-state index is -3.56. The summed E-state index contributed by atoms with van der Waals surface area (Å²) in [5.41, 5.74) is 4.48. The van der Waals surface area contributed by atoms with E-state index in [-0.39, 0.29) is 12.6 Å². The van der Waals surface area contributed by atoms with Crippen molar-refractivity contribution >= 4 is 15.8 Å². The van der Waals surface area contributed by atoms with Crippen LogP contribution in [0, 0.1) is 6.92 Å². The van der Waals surface area contributed by atoms with Crippen LogP contribution < -0.4 is 9.47 Å². The van der Waals surface area contributed by atoms with E-state index in [1.54, 1.807) is 23.5 Å². The van der Waals surface area contributed by atoms with Gasteiger partial charge in [0.25, 0.3) is 0 Å². The van der Waals surface area contributed by atoms with Crippen molar-refractivity contribution in [3.8, 4) is 22.6 Å². The Morgan fingerprint density at radius 2 is 1.66 bits per heavy atom. The second-order valence-corrected chi connectivity index (χ2v) is 13.1. The number of nitrogens with zero attached hydrogens (tertiary/aromatic N) is 2. The van der Waals surface area contributed by atoms with Crippen LogP contribution in [0.3, 0.4) is 0 Å². The first-order valence-electron chi connectivity index (χ1n) is 14.1. The van der Waals surface area contributed by atoms with E-state index >= 15 is 0 Å². The third-order valence-corrected chi connectivity index (χ3v) is 10.5. The number of Topliss-reactive ketones (excluding diaryl/α,β-unsaturated/α-hetero) is 1. The second kappa shape index (κ2) is 11.2. The summed E-state index contributed by atoms with van der Waals surface area (Å²) in [5, 5.41) is 0. The van der Waals surface area contributed by atoms with Gasteiger partial charge in [0, 0.05) is 46.3 Å². The fourth-order valence-corrected chi connectivity index (χ4v) is 7.28. The number of methoxy groups -OCH3 is 1. The number of ether oxygens (including phenoxy) is 3. The Labute approximate surface area is 241 Å². The lowest BCUT2D eigenvalue weighted by molar-refractivity contribution is -0.120. The van der Waals surface area contributed by atoms with Gasteiger partial charge < -0.3 is 14.2 Å². The summed E-state index contributed by atoms with van der Waals surface area (Å²) in [6, 6.07) is 19.0. The predicted molar refractivity (Wildman–Crippen MR) is 156 cm³/mol. The lowest BCUT2D eigenvalue weighted by Gasteiger charge is -2.33. The molecule has 0 N–H and O–H groups in total. The smallest absolute Gasteiger partial charge is 0.243 e. The van der Waals surface area contributed by atoms with Gasteiger partial charge >= 0.3 is 0 Å². The molecule has 0 unspecified atom stereocenters. The number of ketones is 1. The largest absolute Gasteiger partial charge is 0.454 e. The second-order valence-electron chi connectivity index (χ2n) is 11.2.